The van der Waals surface area contributed by atoms with Gasteiger partial charge in [0.1, 0.15) is 0 Å². The summed E-state index contributed by atoms with van der Waals surface area (Å²) < 4.78 is 0. The van der Waals surface area contributed by atoms with Crippen molar-refractivity contribution in [3.05, 3.63) is 0 Å². The van der Waals surface area contributed by atoms with Crippen LogP contribution in [0.2, 0.25) is 0 Å². The standard InChI is InChI=1S/C13H26N2/c1-4-5-10(2)14-12-8-11(3)15(9-12)13-6-7-13/h10-14H,4-9H2,1-3H3. The third-order valence-corrected chi connectivity index (χ3v) is 3.88. The van der Waals surface area contributed by atoms with Crippen LogP contribution in [0.5, 0.6) is 0 Å². The van der Waals surface area contributed by atoms with Crippen molar-refractivity contribution in [3.8, 4) is 0 Å². The van der Waals surface area contributed by atoms with Gasteiger partial charge in [0.25, 0.3) is 0 Å². The van der Waals surface area contributed by atoms with Crippen LogP contribution >= 0.6 is 0 Å². The van der Waals surface area contributed by atoms with Gasteiger partial charge in [-0.1, -0.05) is 13.3 Å². The summed E-state index contributed by atoms with van der Waals surface area (Å²) >= 11 is 0. The van der Waals surface area contributed by atoms with Crippen molar-refractivity contribution in [2.45, 2.75) is 77.0 Å². The van der Waals surface area contributed by atoms with Crippen LogP contribution < -0.4 is 5.32 Å². The second-order valence-electron chi connectivity index (χ2n) is 5.57. The number of hydrogen-bond donors (Lipinski definition) is 1. The Kier molecular flexibility index (Phi) is 3.68. The average molecular weight is 210 g/mol. The van der Waals surface area contributed by atoms with Gasteiger partial charge in [-0.05, 0) is 39.5 Å². The maximum atomic E-state index is 3.78. The van der Waals surface area contributed by atoms with Gasteiger partial charge in [0.15, 0.2) is 0 Å². The molecular formula is C13H26N2. The number of hydrogen-bond acceptors (Lipinski definition) is 2. The number of nitrogens with one attached hydrogen (secondary N) is 1. The Morgan fingerprint density at radius 3 is 2.73 bits per heavy atom. The zero-order valence-electron chi connectivity index (χ0n) is 10.5. The number of nitrogens with zero attached hydrogens (tertiary/aromatic N) is 1. The van der Waals surface area contributed by atoms with Crippen molar-refractivity contribution in [1.82, 2.24) is 10.2 Å². The summed E-state index contributed by atoms with van der Waals surface area (Å²) in [6.07, 6.45) is 6.85. The summed E-state index contributed by atoms with van der Waals surface area (Å²) in [4.78, 5) is 2.72. The van der Waals surface area contributed by atoms with Crippen LogP contribution in [0, 0.1) is 0 Å². The van der Waals surface area contributed by atoms with Crippen LogP contribution in [0.4, 0.5) is 0 Å². The van der Waals surface area contributed by atoms with Gasteiger partial charge in [0, 0.05) is 30.7 Å². The second-order valence-corrected chi connectivity index (χ2v) is 5.57. The van der Waals surface area contributed by atoms with Crippen LogP contribution in [-0.2, 0) is 0 Å². The largest absolute Gasteiger partial charge is 0.310 e. The molecule has 2 fully saturated rings. The minimum atomic E-state index is 0.700. The highest BCUT2D eigenvalue weighted by Crippen LogP contribution is 2.33. The first kappa shape index (κ1) is 11.4. The SMILES string of the molecule is CCCC(C)NC1CC(C)N(C2CC2)C1. The molecule has 0 aromatic carbocycles. The van der Waals surface area contributed by atoms with Crippen LogP contribution in [-0.4, -0.2) is 35.6 Å². The zero-order chi connectivity index (χ0) is 10.8. The van der Waals surface area contributed by atoms with Gasteiger partial charge in [-0.25, -0.2) is 0 Å². The number of likely N-dealkylation sites (tertiary alicyclic amines) is 1. The molecule has 1 saturated carbocycles. The van der Waals surface area contributed by atoms with E-state index < -0.39 is 0 Å². The quantitative estimate of drug-likeness (QED) is 0.749. The zero-order valence-corrected chi connectivity index (χ0v) is 10.5. The molecule has 2 rings (SSSR count). The van der Waals surface area contributed by atoms with Gasteiger partial charge in [0.05, 0.1) is 0 Å². The van der Waals surface area contributed by atoms with E-state index in [9.17, 15) is 0 Å². The van der Waals surface area contributed by atoms with Crippen molar-refractivity contribution in [2.75, 3.05) is 6.54 Å². The summed E-state index contributed by atoms with van der Waals surface area (Å²) in [6, 6.07) is 3.20. The lowest BCUT2D eigenvalue weighted by Crippen LogP contribution is -2.38. The molecule has 0 spiro atoms. The molecule has 1 heterocycles. The van der Waals surface area contributed by atoms with E-state index in [2.05, 4.69) is 31.0 Å². The van der Waals surface area contributed by atoms with Gasteiger partial charge in [-0.2, -0.15) is 0 Å². The molecule has 1 aliphatic heterocycles. The van der Waals surface area contributed by atoms with E-state index in [4.69, 9.17) is 0 Å². The van der Waals surface area contributed by atoms with E-state index in [-0.39, 0.29) is 0 Å². The minimum Gasteiger partial charge on any atom is -0.310 e. The normalized spacial score (nSPS) is 34.6. The summed E-state index contributed by atoms with van der Waals surface area (Å²) in [6.45, 7) is 8.28. The fourth-order valence-corrected chi connectivity index (χ4v) is 3.01. The summed E-state index contributed by atoms with van der Waals surface area (Å²) in [5, 5.41) is 3.78. The lowest BCUT2D eigenvalue weighted by atomic mass is 10.1. The molecule has 0 aromatic rings. The van der Waals surface area contributed by atoms with Crippen molar-refractivity contribution in [2.24, 2.45) is 0 Å². The molecule has 0 aromatic heterocycles. The maximum absolute atomic E-state index is 3.78. The fourth-order valence-electron chi connectivity index (χ4n) is 3.01. The Morgan fingerprint density at radius 2 is 2.13 bits per heavy atom. The molecular weight excluding hydrogens is 184 g/mol. The van der Waals surface area contributed by atoms with Crippen molar-refractivity contribution >= 4 is 0 Å². The van der Waals surface area contributed by atoms with Crippen LogP contribution in [0.1, 0.15) is 52.9 Å². The van der Waals surface area contributed by atoms with E-state index in [0.29, 0.717) is 6.04 Å². The van der Waals surface area contributed by atoms with Crippen LogP contribution in [0.15, 0.2) is 0 Å². The highest BCUT2D eigenvalue weighted by atomic mass is 15.3. The molecule has 1 saturated heterocycles. The van der Waals surface area contributed by atoms with E-state index in [1.54, 1.807) is 0 Å². The predicted molar refractivity (Wildman–Crippen MR) is 65.1 cm³/mol. The number of rotatable bonds is 5. The first-order chi connectivity index (χ1) is 7.20. The fraction of sp³-hybridized carbons (Fsp3) is 1.00. The molecule has 3 unspecified atom stereocenters. The molecule has 0 amide bonds. The highest BCUT2D eigenvalue weighted by Gasteiger charge is 2.38. The van der Waals surface area contributed by atoms with E-state index >= 15 is 0 Å². The lowest BCUT2D eigenvalue weighted by Gasteiger charge is -2.21. The van der Waals surface area contributed by atoms with Crippen LogP contribution in [0.3, 0.4) is 0 Å². The first-order valence-corrected chi connectivity index (χ1v) is 6.72. The molecule has 1 aliphatic carbocycles. The topological polar surface area (TPSA) is 15.3 Å². The van der Waals surface area contributed by atoms with Crippen molar-refractivity contribution < 1.29 is 0 Å². The van der Waals surface area contributed by atoms with Crippen molar-refractivity contribution in [3.63, 3.8) is 0 Å². The molecule has 1 N–H and O–H groups in total. The Balaban J connectivity index is 1.75. The van der Waals surface area contributed by atoms with Gasteiger partial charge >= 0.3 is 0 Å². The lowest BCUT2D eigenvalue weighted by molar-refractivity contribution is 0.254. The van der Waals surface area contributed by atoms with Gasteiger partial charge in [-0.15, -0.1) is 0 Å². The average Bonchev–Trinajstić information content (AvgIpc) is 2.93. The van der Waals surface area contributed by atoms with Gasteiger partial charge in [-0.3, -0.25) is 4.90 Å². The van der Waals surface area contributed by atoms with Crippen molar-refractivity contribution in [1.29, 1.82) is 0 Å². The molecule has 0 radical (unpaired) electrons. The molecule has 2 aliphatic rings. The monoisotopic (exact) mass is 210 g/mol. The summed E-state index contributed by atoms with van der Waals surface area (Å²) in [7, 11) is 0. The first-order valence-electron chi connectivity index (χ1n) is 6.72. The Hall–Kier alpha value is -0.0800. The highest BCUT2D eigenvalue weighted by molar-refractivity contribution is 4.96. The van der Waals surface area contributed by atoms with E-state index in [0.717, 1.165) is 18.1 Å². The molecule has 0 bridgehead atoms. The van der Waals surface area contributed by atoms with E-state index in [1.165, 1.54) is 38.6 Å². The summed E-state index contributed by atoms with van der Waals surface area (Å²) in [5.41, 5.74) is 0. The molecule has 2 nitrogen and oxygen atoms in total. The Labute approximate surface area is 94.4 Å². The minimum absolute atomic E-state index is 0.700. The van der Waals surface area contributed by atoms with Gasteiger partial charge < -0.3 is 5.32 Å². The third-order valence-electron chi connectivity index (χ3n) is 3.88. The maximum Gasteiger partial charge on any atom is 0.0212 e. The molecule has 15 heavy (non-hydrogen) atoms. The predicted octanol–water partition coefficient (Wildman–Crippen LogP) is 2.39. The van der Waals surface area contributed by atoms with Crippen LogP contribution in [0.25, 0.3) is 0 Å². The van der Waals surface area contributed by atoms with E-state index in [1.807, 2.05) is 0 Å². The Bertz CT molecular complexity index is 201. The third kappa shape index (κ3) is 2.94. The van der Waals surface area contributed by atoms with Gasteiger partial charge in [0.2, 0.25) is 0 Å². The molecule has 3 atom stereocenters. The smallest absolute Gasteiger partial charge is 0.0212 e. The Morgan fingerprint density at radius 1 is 1.40 bits per heavy atom. The molecule has 88 valence electrons. The summed E-state index contributed by atoms with van der Waals surface area (Å²) in [5.74, 6) is 0. The second kappa shape index (κ2) is 4.84. The molecule has 2 heteroatoms.